The average molecular weight is 449 g/mol. The first-order chi connectivity index (χ1) is 15.9. The molecule has 1 aromatic carbocycles. The molecule has 3 aromatic rings. The van der Waals surface area contributed by atoms with Gasteiger partial charge in [0.2, 0.25) is 5.91 Å². The Morgan fingerprint density at radius 1 is 1.24 bits per heavy atom. The average Bonchev–Trinajstić information content (AvgIpc) is 3.52. The number of benzene rings is 1. The van der Waals surface area contributed by atoms with E-state index in [1.165, 1.54) is 6.07 Å². The zero-order chi connectivity index (χ0) is 23.1. The van der Waals surface area contributed by atoms with E-state index in [1.54, 1.807) is 52.1 Å². The van der Waals surface area contributed by atoms with Crippen LogP contribution < -0.4 is 4.90 Å². The van der Waals surface area contributed by atoms with Crippen LogP contribution in [0.1, 0.15) is 51.9 Å². The third-order valence-corrected chi connectivity index (χ3v) is 6.42. The van der Waals surface area contributed by atoms with E-state index in [2.05, 4.69) is 5.10 Å². The second-order valence-corrected chi connectivity index (χ2v) is 8.59. The fourth-order valence-electron chi connectivity index (χ4n) is 4.69. The maximum atomic E-state index is 14.1. The van der Waals surface area contributed by atoms with Crippen LogP contribution in [-0.2, 0) is 24.7 Å². The van der Waals surface area contributed by atoms with Crippen molar-refractivity contribution in [2.75, 3.05) is 18.0 Å². The summed E-state index contributed by atoms with van der Waals surface area (Å²) in [4.78, 5) is 38.8. The van der Waals surface area contributed by atoms with Crippen molar-refractivity contribution in [3.05, 3.63) is 70.7 Å². The van der Waals surface area contributed by atoms with Crippen LogP contribution in [-0.4, -0.2) is 49.6 Å². The Balaban J connectivity index is 1.42. The maximum absolute atomic E-state index is 14.1. The SMILES string of the molecule is Cc1nc([C@H]2CCCN2C(=O)c2cnn(C)c2)nc2c1CC(=O)N2CCc1ccccc1F. The van der Waals surface area contributed by atoms with Gasteiger partial charge in [-0.25, -0.2) is 14.4 Å². The molecule has 0 spiro atoms. The van der Waals surface area contributed by atoms with Gasteiger partial charge in [0, 0.05) is 37.6 Å². The molecule has 0 saturated carbocycles. The van der Waals surface area contributed by atoms with Gasteiger partial charge in [0.15, 0.2) is 5.82 Å². The lowest BCUT2D eigenvalue weighted by Crippen LogP contribution is -2.32. The first-order valence-electron chi connectivity index (χ1n) is 11.1. The monoisotopic (exact) mass is 448 g/mol. The summed E-state index contributed by atoms with van der Waals surface area (Å²) in [5, 5.41) is 4.11. The number of nitrogens with zero attached hydrogens (tertiary/aromatic N) is 6. The van der Waals surface area contributed by atoms with Crippen molar-refractivity contribution in [1.29, 1.82) is 0 Å². The van der Waals surface area contributed by atoms with Crippen molar-refractivity contribution in [2.45, 2.75) is 38.6 Å². The van der Waals surface area contributed by atoms with Crippen molar-refractivity contribution < 1.29 is 14.0 Å². The van der Waals surface area contributed by atoms with Crippen LogP contribution in [0.15, 0.2) is 36.7 Å². The third-order valence-electron chi connectivity index (χ3n) is 6.42. The van der Waals surface area contributed by atoms with Crippen LogP contribution in [0.5, 0.6) is 0 Å². The first-order valence-corrected chi connectivity index (χ1v) is 11.1. The number of aryl methyl sites for hydroxylation is 2. The molecule has 5 rings (SSSR count). The van der Waals surface area contributed by atoms with Crippen molar-refractivity contribution in [3.8, 4) is 0 Å². The quantitative estimate of drug-likeness (QED) is 0.599. The number of rotatable bonds is 5. The molecule has 1 fully saturated rings. The topological polar surface area (TPSA) is 84.2 Å². The molecule has 0 radical (unpaired) electrons. The van der Waals surface area contributed by atoms with Crippen LogP contribution in [0.3, 0.4) is 0 Å². The zero-order valence-corrected chi connectivity index (χ0v) is 18.7. The minimum Gasteiger partial charge on any atom is -0.328 e. The molecule has 1 saturated heterocycles. The number of fused-ring (bicyclic) bond motifs is 1. The standard InChI is InChI=1S/C24H25FN6O2/c1-15-18-12-21(32)31(11-9-16-6-3-4-7-19(16)25)23(18)28-22(27-15)20-8-5-10-30(20)24(33)17-13-26-29(2)14-17/h3-4,6-7,13-14,20H,5,8-12H2,1-2H3/t20-/m1/s1. The second kappa shape index (κ2) is 8.38. The molecule has 2 aliphatic heterocycles. The number of amides is 2. The van der Waals surface area contributed by atoms with E-state index in [-0.39, 0.29) is 30.1 Å². The molecule has 2 amide bonds. The first kappa shape index (κ1) is 21.2. The van der Waals surface area contributed by atoms with Crippen molar-refractivity contribution in [1.82, 2.24) is 24.6 Å². The zero-order valence-electron chi connectivity index (χ0n) is 18.7. The van der Waals surface area contributed by atoms with E-state index in [0.717, 1.165) is 24.1 Å². The van der Waals surface area contributed by atoms with Gasteiger partial charge < -0.3 is 4.90 Å². The lowest BCUT2D eigenvalue weighted by atomic mass is 10.1. The minimum absolute atomic E-state index is 0.0643. The lowest BCUT2D eigenvalue weighted by molar-refractivity contribution is -0.117. The second-order valence-electron chi connectivity index (χ2n) is 8.59. The molecule has 2 aromatic heterocycles. The molecule has 8 nitrogen and oxygen atoms in total. The lowest BCUT2D eigenvalue weighted by Gasteiger charge is -2.25. The highest BCUT2D eigenvalue weighted by atomic mass is 19.1. The van der Waals surface area contributed by atoms with Crippen molar-refractivity contribution in [2.24, 2.45) is 7.05 Å². The molecule has 0 N–H and O–H groups in total. The minimum atomic E-state index is -0.278. The fraction of sp³-hybridized carbons (Fsp3) is 0.375. The van der Waals surface area contributed by atoms with Crippen LogP contribution in [0.2, 0.25) is 0 Å². The summed E-state index contributed by atoms with van der Waals surface area (Å²) in [6, 6.07) is 6.33. The highest BCUT2D eigenvalue weighted by Crippen LogP contribution is 2.35. The molecule has 0 aliphatic carbocycles. The van der Waals surface area contributed by atoms with Gasteiger partial charge in [-0.05, 0) is 37.8 Å². The van der Waals surface area contributed by atoms with Gasteiger partial charge in [-0.2, -0.15) is 5.10 Å². The Kier molecular flexibility index (Phi) is 5.39. The highest BCUT2D eigenvalue weighted by molar-refractivity contribution is 6.00. The normalized spacial score (nSPS) is 17.7. The highest BCUT2D eigenvalue weighted by Gasteiger charge is 2.36. The van der Waals surface area contributed by atoms with Crippen LogP contribution >= 0.6 is 0 Å². The molecule has 170 valence electrons. The van der Waals surface area contributed by atoms with Crippen LogP contribution in [0.25, 0.3) is 0 Å². The Bertz CT molecular complexity index is 1240. The van der Waals surface area contributed by atoms with Gasteiger partial charge in [-0.3, -0.25) is 19.2 Å². The molecule has 4 heterocycles. The molecular weight excluding hydrogens is 423 g/mol. The summed E-state index contributed by atoms with van der Waals surface area (Å²) in [6.07, 6.45) is 5.51. The summed E-state index contributed by atoms with van der Waals surface area (Å²) in [5.74, 6) is 0.691. The number of carbonyl (C=O) groups excluding carboxylic acids is 2. The molecule has 0 unspecified atom stereocenters. The van der Waals surface area contributed by atoms with Gasteiger partial charge in [0.1, 0.15) is 11.6 Å². The molecule has 1 atom stereocenters. The summed E-state index contributed by atoms with van der Waals surface area (Å²) in [5.41, 5.74) is 2.65. The van der Waals surface area contributed by atoms with E-state index in [4.69, 9.17) is 9.97 Å². The van der Waals surface area contributed by atoms with E-state index in [0.29, 0.717) is 42.3 Å². The Morgan fingerprint density at radius 2 is 2.06 bits per heavy atom. The number of hydrogen-bond acceptors (Lipinski definition) is 5. The van der Waals surface area contributed by atoms with E-state index in [9.17, 15) is 14.0 Å². The number of carbonyl (C=O) groups is 2. The summed E-state index contributed by atoms with van der Waals surface area (Å²) in [7, 11) is 1.78. The number of hydrogen-bond donors (Lipinski definition) is 0. The summed E-state index contributed by atoms with van der Waals surface area (Å²) >= 11 is 0. The molecule has 9 heteroatoms. The van der Waals surface area contributed by atoms with Gasteiger partial charge >= 0.3 is 0 Å². The van der Waals surface area contributed by atoms with Gasteiger partial charge in [0.05, 0.1) is 24.2 Å². The van der Waals surface area contributed by atoms with E-state index in [1.807, 2.05) is 6.92 Å². The van der Waals surface area contributed by atoms with E-state index < -0.39 is 0 Å². The van der Waals surface area contributed by atoms with Gasteiger partial charge in [-0.15, -0.1) is 0 Å². The Hall–Kier alpha value is -3.62. The maximum Gasteiger partial charge on any atom is 0.257 e. The number of aromatic nitrogens is 4. The number of anilines is 1. The van der Waals surface area contributed by atoms with Crippen LogP contribution in [0, 0.1) is 12.7 Å². The third kappa shape index (κ3) is 3.88. The van der Waals surface area contributed by atoms with Crippen molar-refractivity contribution >= 4 is 17.6 Å². The van der Waals surface area contributed by atoms with Crippen LogP contribution in [0.4, 0.5) is 10.2 Å². The molecule has 0 bridgehead atoms. The van der Waals surface area contributed by atoms with Gasteiger partial charge in [-0.1, -0.05) is 18.2 Å². The van der Waals surface area contributed by atoms with Gasteiger partial charge in [0.25, 0.3) is 5.91 Å². The predicted molar refractivity (Wildman–Crippen MR) is 119 cm³/mol. The fourth-order valence-corrected chi connectivity index (χ4v) is 4.69. The summed E-state index contributed by atoms with van der Waals surface area (Å²) < 4.78 is 15.7. The molecule has 33 heavy (non-hydrogen) atoms. The summed E-state index contributed by atoms with van der Waals surface area (Å²) in [6.45, 7) is 2.83. The van der Waals surface area contributed by atoms with Crippen molar-refractivity contribution in [3.63, 3.8) is 0 Å². The largest absolute Gasteiger partial charge is 0.328 e. The Morgan fingerprint density at radius 3 is 2.82 bits per heavy atom. The number of likely N-dealkylation sites (tertiary alicyclic amines) is 1. The Labute approximate surface area is 191 Å². The predicted octanol–water partition coefficient (Wildman–Crippen LogP) is 2.77. The number of halogens is 1. The molecule has 2 aliphatic rings. The smallest absolute Gasteiger partial charge is 0.257 e. The van der Waals surface area contributed by atoms with E-state index >= 15 is 0 Å². The molecular formula is C24H25FN6O2.